The van der Waals surface area contributed by atoms with Gasteiger partial charge in [-0.25, -0.2) is 4.57 Å². The molecule has 0 aromatic rings. The van der Waals surface area contributed by atoms with E-state index in [0.29, 0.717) is 19.3 Å². The van der Waals surface area contributed by atoms with Gasteiger partial charge in [-0.2, -0.15) is 0 Å². The zero-order valence-electron chi connectivity index (χ0n) is 51.4. The topological polar surface area (TPSA) is 155 Å². The molecule has 3 atom stereocenters. The van der Waals surface area contributed by atoms with E-state index in [4.69, 9.17) is 23.3 Å². The van der Waals surface area contributed by atoms with Crippen LogP contribution in [-0.2, 0) is 42.2 Å². The average molecular weight is 1130 g/mol. The van der Waals surface area contributed by atoms with Crippen LogP contribution in [0.4, 0.5) is 0 Å². The highest BCUT2D eigenvalue weighted by Gasteiger charge is 2.28. The second-order valence-corrected chi connectivity index (χ2v) is 24.5. The molecule has 0 rings (SSSR count). The third kappa shape index (κ3) is 58.9. The van der Waals surface area contributed by atoms with Crippen molar-refractivity contribution in [3.05, 3.63) is 12.2 Å². The predicted octanol–water partition coefficient (Wildman–Crippen LogP) is 20.4. The lowest BCUT2D eigenvalue weighted by atomic mass is 10.0. The zero-order chi connectivity index (χ0) is 56.9. The van der Waals surface area contributed by atoms with Crippen molar-refractivity contribution >= 4 is 25.7 Å². The van der Waals surface area contributed by atoms with Gasteiger partial charge in [-0.05, 0) is 44.9 Å². The normalized spacial score (nSPS) is 13.2. The number of aliphatic hydroxyl groups is 1. The highest BCUT2D eigenvalue weighted by atomic mass is 31.2. The Morgan fingerprint density at radius 2 is 0.590 bits per heavy atom. The quantitative estimate of drug-likeness (QED) is 0.0197. The van der Waals surface area contributed by atoms with Crippen molar-refractivity contribution in [3.63, 3.8) is 0 Å². The van der Waals surface area contributed by atoms with Gasteiger partial charge in [0.25, 0.3) is 0 Å². The molecule has 11 nitrogen and oxygen atoms in total. The fourth-order valence-electron chi connectivity index (χ4n) is 10.1. The first-order valence-electron chi connectivity index (χ1n) is 33.6. The van der Waals surface area contributed by atoms with Crippen molar-refractivity contribution in [2.24, 2.45) is 0 Å². The van der Waals surface area contributed by atoms with Gasteiger partial charge < -0.3 is 24.2 Å². The third-order valence-electron chi connectivity index (χ3n) is 15.2. The lowest BCUT2D eigenvalue weighted by molar-refractivity contribution is -0.161. The molecule has 0 heterocycles. The molecular weight excluding hydrogens is 1000 g/mol. The van der Waals surface area contributed by atoms with Crippen LogP contribution in [0.2, 0.25) is 0 Å². The fraction of sp³-hybridized carbons (Fsp3) is 0.924. The van der Waals surface area contributed by atoms with Crippen molar-refractivity contribution in [1.29, 1.82) is 0 Å². The van der Waals surface area contributed by atoms with Crippen LogP contribution in [0, 0.1) is 0 Å². The first-order valence-corrected chi connectivity index (χ1v) is 35.1. The summed E-state index contributed by atoms with van der Waals surface area (Å²) in [6.45, 7) is 4.74. The number of esters is 3. The number of phosphoric acid groups is 1. The summed E-state index contributed by atoms with van der Waals surface area (Å²) in [7, 11) is -4.75. The number of phosphoric ester groups is 1. The summed E-state index contributed by atoms with van der Waals surface area (Å²) in [4.78, 5) is 48.8. The molecule has 0 aliphatic rings. The van der Waals surface area contributed by atoms with Gasteiger partial charge in [0.1, 0.15) is 12.7 Å². The summed E-state index contributed by atoms with van der Waals surface area (Å²) in [6, 6.07) is 0. The number of rotatable bonds is 64. The van der Waals surface area contributed by atoms with Crippen molar-refractivity contribution in [3.8, 4) is 0 Å². The molecule has 0 aromatic carbocycles. The highest BCUT2D eigenvalue weighted by molar-refractivity contribution is 7.47. The number of allylic oxidation sites excluding steroid dienone is 2. The Morgan fingerprint density at radius 3 is 0.885 bits per heavy atom. The first-order chi connectivity index (χ1) is 38.2. The Bertz CT molecular complexity index is 1360. The Hall–Kier alpha value is -1.78. The molecule has 462 valence electrons. The van der Waals surface area contributed by atoms with Gasteiger partial charge in [-0.1, -0.05) is 303 Å². The summed E-state index contributed by atoms with van der Waals surface area (Å²) in [5.41, 5.74) is 0. The van der Waals surface area contributed by atoms with Gasteiger partial charge in [0.05, 0.1) is 19.8 Å². The van der Waals surface area contributed by atoms with Gasteiger partial charge >= 0.3 is 25.7 Å². The molecule has 0 amide bonds. The van der Waals surface area contributed by atoms with Crippen molar-refractivity contribution in [2.75, 3.05) is 26.4 Å². The monoisotopic (exact) mass is 1130 g/mol. The summed E-state index contributed by atoms with van der Waals surface area (Å²) in [5.74, 6) is -1.43. The van der Waals surface area contributed by atoms with E-state index >= 15 is 0 Å². The molecule has 3 unspecified atom stereocenters. The standard InChI is InChI=1S/C66H127O11P/c1-4-7-10-13-16-19-22-25-28-31-34-37-40-43-46-49-52-55-64(68)73-59-63(77-66(70)57-54-51-48-45-42-39-36-33-30-27-24-21-18-15-12-9-6-3)61-75-78(71,72)74-60-62(58-67)76-65(69)56-53-50-47-44-41-38-35-32-29-26-23-20-17-14-11-8-5-2/h25,28,62-63,67H,4-24,26-27,29-61H2,1-3H3,(H,71,72)/b28-25-. The van der Waals surface area contributed by atoms with E-state index in [-0.39, 0.29) is 25.9 Å². The second kappa shape index (κ2) is 61.3. The van der Waals surface area contributed by atoms with Gasteiger partial charge in [-0.3, -0.25) is 23.4 Å². The minimum Gasteiger partial charge on any atom is -0.462 e. The number of ether oxygens (including phenoxy) is 3. The van der Waals surface area contributed by atoms with E-state index in [2.05, 4.69) is 32.9 Å². The van der Waals surface area contributed by atoms with E-state index in [1.165, 1.54) is 231 Å². The molecule has 0 fully saturated rings. The Kier molecular flexibility index (Phi) is 59.9. The van der Waals surface area contributed by atoms with Gasteiger partial charge in [-0.15, -0.1) is 0 Å². The van der Waals surface area contributed by atoms with Gasteiger partial charge in [0, 0.05) is 19.3 Å². The van der Waals surface area contributed by atoms with Crippen LogP contribution in [0.25, 0.3) is 0 Å². The van der Waals surface area contributed by atoms with Crippen LogP contribution in [0.5, 0.6) is 0 Å². The van der Waals surface area contributed by atoms with Crippen LogP contribution in [0.3, 0.4) is 0 Å². The lowest BCUT2D eigenvalue weighted by Gasteiger charge is -2.21. The molecule has 2 N–H and O–H groups in total. The molecule has 78 heavy (non-hydrogen) atoms. The van der Waals surface area contributed by atoms with Crippen LogP contribution in [0.1, 0.15) is 355 Å². The Morgan fingerprint density at radius 1 is 0.346 bits per heavy atom. The van der Waals surface area contributed by atoms with E-state index in [1.807, 2.05) is 0 Å². The predicted molar refractivity (Wildman–Crippen MR) is 326 cm³/mol. The van der Waals surface area contributed by atoms with E-state index in [9.17, 15) is 28.9 Å². The second-order valence-electron chi connectivity index (χ2n) is 23.0. The molecule has 0 aromatic heterocycles. The summed E-state index contributed by atoms with van der Waals surface area (Å²) in [5, 5.41) is 9.86. The molecule has 0 radical (unpaired) electrons. The number of aliphatic hydroxyl groups excluding tert-OH is 1. The SMILES string of the molecule is CCCCCCCC/C=C\CCCCCCCCCC(=O)OCC(COP(=O)(O)OCC(CO)OC(=O)CCCCCCCCCCCCCCCCCCC)OC(=O)CCCCCCCCCCCCCCCCCCC. The molecule has 0 bridgehead atoms. The average Bonchev–Trinajstić information content (AvgIpc) is 3.43. The first kappa shape index (κ1) is 76.2. The molecule has 0 saturated carbocycles. The maximum Gasteiger partial charge on any atom is 0.472 e. The zero-order valence-corrected chi connectivity index (χ0v) is 52.3. The smallest absolute Gasteiger partial charge is 0.462 e. The van der Waals surface area contributed by atoms with Crippen LogP contribution < -0.4 is 0 Å². The van der Waals surface area contributed by atoms with Crippen molar-refractivity contribution in [2.45, 2.75) is 367 Å². The number of carbonyl (C=O) groups is 3. The number of hydrogen-bond donors (Lipinski definition) is 2. The maximum absolute atomic E-state index is 13.0. The summed E-state index contributed by atoms with van der Waals surface area (Å²) >= 11 is 0. The number of unbranched alkanes of at least 4 members (excludes halogenated alkanes) is 45. The van der Waals surface area contributed by atoms with E-state index < -0.39 is 57.8 Å². The number of hydrogen-bond acceptors (Lipinski definition) is 10. The Labute approximate surface area is 481 Å². The minimum atomic E-state index is -4.75. The maximum atomic E-state index is 13.0. The third-order valence-corrected chi connectivity index (χ3v) is 16.1. The van der Waals surface area contributed by atoms with Gasteiger partial charge in [0.15, 0.2) is 6.10 Å². The van der Waals surface area contributed by atoms with E-state index in [1.54, 1.807) is 0 Å². The molecule has 12 heteroatoms. The fourth-order valence-corrected chi connectivity index (χ4v) is 10.8. The molecule has 0 aliphatic heterocycles. The minimum absolute atomic E-state index is 0.176. The van der Waals surface area contributed by atoms with Crippen molar-refractivity contribution < 1.29 is 52.2 Å². The van der Waals surface area contributed by atoms with Gasteiger partial charge in [0.2, 0.25) is 0 Å². The molecular formula is C66H127O11P. The van der Waals surface area contributed by atoms with Crippen LogP contribution in [0.15, 0.2) is 12.2 Å². The number of carbonyl (C=O) groups excluding carboxylic acids is 3. The van der Waals surface area contributed by atoms with Crippen LogP contribution in [-0.4, -0.2) is 66.5 Å². The largest absolute Gasteiger partial charge is 0.472 e. The lowest BCUT2D eigenvalue weighted by Crippen LogP contribution is -2.30. The molecule has 0 saturated heterocycles. The Balaban J connectivity index is 4.62. The van der Waals surface area contributed by atoms with Crippen LogP contribution >= 0.6 is 7.82 Å². The highest BCUT2D eigenvalue weighted by Crippen LogP contribution is 2.43. The summed E-state index contributed by atoms with van der Waals surface area (Å²) < 4.78 is 39.8. The molecule has 0 aliphatic carbocycles. The van der Waals surface area contributed by atoms with E-state index in [0.717, 1.165) is 64.2 Å². The van der Waals surface area contributed by atoms with Crippen molar-refractivity contribution in [1.82, 2.24) is 0 Å². The summed E-state index contributed by atoms with van der Waals surface area (Å²) in [6.07, 6.45) is 63.0. The molecule has 0 spiro atoms.